The molecule has 144 valence electrons. The molecular weight excluding hydrogens is 378 g/mol. The van der Waals surface area contributed by atoms with Crippen molar-refractivity contribution in [2.45, 2.75) is 19.9 Å². The van der Waals surface area contributed by atoms with Gasteiger partial charge >= 0.3 is 0 Å². The quantitative estimate of drug-likeness (QED) is 0.745. The third-order valence-corrected chi connectivity index (χ3v) is 5.57. The van der Waals surface area contributed by atoms with Crippen molar-refractivity contribution in [1.29, 1.82) is 0 Å². The number of para-hydroxylation sites is 1. The molecule has 1 N–H and O–H groups in total. The van der Waals surface area contributed by atoms with E-state index in [1.807, 2.05) is 12.1 Å². The van der Waals surface area contributed by atoms with Crippen LogP contribution in [0.15, 0.2) is 42.5 Å². The van der Waals surface area contributed by atoms with Gasteiger partial charge in [-0.3, -0.25) is 4.90 Å². The summed E-state index contributed by atoms with van der Waals surface area (Å²) in [6.45, 7) is 6.96. The predicted octanol–water partition coefficient (Wildman–Crippen LogP) is 4.43. The normalized spacial score (nSPS) is 14.9. The van der Waals surface area contributed by atoms with E-state index in [2.05, 4.69) is 46.3 Å². The first kappa shape index (κ1) is 19.9. The second-order valence-electron chi connectivity index (χ2n) is 6.68. The van der Waals surface area contributed by atoms with Gasteiger partial charge in [0.15, 0.2) is 10.9 Å². The summed E-state index contributed by atoms with van der Waals surface area (Å²) in [4.78, 5) is 4.67. The average molecular weight is 404 g/mol. The molecule has 0 saturated carbocycles. The van der Waals surface area contributed by atoms with Crippen LogP contribution in [0.4, 0.5) is 5.69 Å². The summed E-state index contributed by atoms with van der Waals surface area (Å²) in [5.41, 5.74) is 3.55. The Labute approximate surface area is 172 Å². The van der Waals surface area contributed by atoms with E-state index in [1.54, 1.807) is 13.2 Å². The fourth-order valence-corrected chi connectivity index (χ4v) is 3.80. The van der Waals surface area contributed by atoms with Crippen LogP contribution < -0.4 is 10.1 Å². The highest BCUT2D eigenvalue weighted by Crippen LogP contribution is 2.32. The minimum Gasteiger partial charge on any atom is -0.493 e. The highest BCUT2D eigenvalue weighted by atomic mass is 35.5. The van der Waals surface area contributed by atoms with Crippen molar-refractivity contribution in [3.63, 3.8) is 0 Å². The summed E-state index contributed by atoms with van der Waals surface area (Å²) >= 11 is 11.8. The molecule has 0 aliphatic carbocycles. The van der Waals surface area contributed by atoms with Crippen LogP contribution in [0, 0.1) is 0 Å². The third-order valence-electron chi connectivity index (χ3n) is 4.91. The number of rotatable bonds is 5. The number of ether oxygens (including phenoxy) is 1. The Kier molecular flexibility index (Phi) is 6.94. The van der Waals surface area contributed by atoms with Crippen LogP contribution in [-0.4, -0.2) is 48.2 Å². The van der Waals surface area contributed by atoms with Crippen LogP contribution in [0.1, 0.15) is 18.1 Å². The van der Waals surface area contributed by atoms with Crippen molar-refractivity contribution in [1.82, 2.24) is 9.80 Å². The molecule has 1 aliphatic rings. The summed E-state index contributed by atoms with van der Waals surface area (Å²) < 4.78 is 5.38. The maximum Gasteiger partial charge on any atom is 0.173 e. The smallest absolute Gasteiger partial charge is 0.173 e. The molecule has 0 amide bonds. The van der Waals surface area contributed by atoms with Crippen molar-refractivity contribution in [2.24, 2.45) is 0 Å². The summed E-state index contributed by atoms with van der Waals surface area (Å²) in [6, 6.07) is 14.5. The van der Waals surface area contributed by atoms with Gasteiger partial charge in [-0.05, 0) is 41.9 Å². The molecule has 0 radical (unpaired) electrons. The Morgan fingerprint density at radius 3 is 2.37 bits per heavy atom. The molecule has 3 rings (SSSR count). The van der Waals surface area contributed by atoms with Gasteiger partial charge in [-0.2, -0.15) is 0 Å². The number of methoxy groups -OCH3 is 1. The van der Waals surface area contributed by atoms with Crippen LogP contribution in [0.2, 0.25) is 5.02 Å². The first-order valence-corrected chi connectivity index (χ1v) is 10.1. The molecule has 1 saturated heterocycles. The van der Waals surface area contributed by atoms with Gasteiger partial charge in [-0.25, -0.2) is 0 Å². The number of anilines is 1. The number of aryl methyl sites for hydroxylation is 1. The van der Waals surface area contributed by atoms with Gasteiger partial charge in [-0.1, -0.05) is 48.9 Å². The van der Waals surface area contributed by atoms with E-state index >= 15 is 0 Å². The SMILES string of the molecule is CCc1ccc(CN2CCN(C(=S)Nc3cccc(Cl)c3OC)CC2)cc1. The molecule has 0 spiro atoms. The summed E-state index contributed by atoms with van der Waals surface area (Å²) in [7, 11) is 1.61. The van der Waals surface area contributed by atoms with Gasteiger partial charge in [0.1, 0.15) is 0 Å². The van der Waals surface area contributed by atoms with Crippen molar-refractivity contribution in [3.8, 4) is 5.75 Å². The number of hydrogen-bond acceptors (Lipinski definition) is 3. The van der Waals surface area contributed by atoms with E-state index in [4.69, 9.17) is 28.6 Å². The maximum atomic E-state index is 6.19. The first-order valence-electron chi connectivity index (χ1n) is 9.29. The minimum absolute atomic E-state index is 0.573. The number of benzene rings is 2. The Bertz CT molecular complexity index is 773. The van der Waals surface area contributed by atoms with E-state index in [1.165, 1.54) is 11.1 Å². The van der Waals surface area contributed by atoms with E-state index in [0.717, 1.165) is 44.8 Å². The average Bonchev–Trinajstić information content (AvgIpc) is 2.69. The number of nitrogens with zero attached hydrogens (tertiary/aromatic N) is 2. The largest absolute Gasteiger partial charge is 0.493 e. The highest BCUT2D eigenvalue weighted by Gasteiger charge is 2.20. The van der Waals surface area contributed by atoms with Crippen molar-refractivity contribution < 1.29 is 4.74 Å². The van der Waals surface area contributed by atoms with E-state index in [-0.39, 0.29) is 0 Å². The first-order chi connectivity index (χ1) is 13.1. The molecule has 0 bridgehead atoms. The monoisotopic (exact) mass is 403 g/mol. The van der Waals surface area contributed by atoms with Crippen LogP contribution in [-0.2, 0) is 13.0 Å². The molecule has 0 aromatic heterocycles. The third kappa shape index (κ3) is 5.12. The molecular formula is C21H26ClN3OS. The summed E-state index contributed by atoms with van der Waals surface area (Å²) in [5, 5.41) is 4.56. The van der Waals surface area contributed by atoms with Crippen LogP contribution >= 0.6 is 23.8 Å². The highest BCUT2D eigenvalue weighted by molar-refractivity contribution is 7.80. The van der Waals surface area contributed by atoms with Gasteiger partial charge in [0.2, 0.25) is 0 Å². The Balaban J connectivity index is 1.52. The molecule has 0 unspecified atom stereocenters. The Hall–Kier alpha value is -1.82. The van der Waals surface area contributed by atoms with Gasteiger partial charge in [0.05, 0.1) is 17.8 Å². The number of hydrogen-bond donors (Lipinski definition) is 1. The molecule has 1 fully saturated rings. The lowest BCUT2D eigenvalue weighted by atomic mass is 10.1. The Morgan fingerprint density at radius 2 is 1.74 bits per heavy atom. The molecule has 2 aromatic carbocycles. The maximum absolute atomic E-state index is 6.19. The zero-order chi connectivity index (χ0) is 19.2. The topological polar surface area (TPSA) is 27.7 Å². The molecule has 6 heteroatoms. The Morgan fingerprint density at radius 1 is 1.07 bits per heavy atom. The fourth-order valence-electron chi connectivity index (χ4n) is 3.26. The van der Waals surface area contributed by atoms with Gasteiger partial charge in [-0.15, -0.1) is 0 Å². The minimum atomic E-state index is 0.573. The lowest BCUT2D eigenvalue weighted by Gasteiger charge is -2.36. The lowest BCUT2D eigenvalue weighted by molar-refractivity contribution is 0.177. The zero-order valence-electron chi connectivity index (χ0n) is 15.9. The van der Waals surface area contributed by atoms with Crippen molar-refractivity contribution in [3.05, 3.63) is 58.6 Å². The number of halogens is 1. The van der Waals surface area contributed by atoms with Crippen LogP contribution in [0.5, 0.6) is 5.75 Å². The summed E-state index contributed by atoms with van der Waals surface area (Å²) in [6.07, 6.45) is 1.08. The van der Waals surface area contributed by atoms with Crippen LogP contribution in [0.25, 0.3) is 0 Å². The number of piperazine rings is 1. The van der Waals surface area contributed by atoms with Gasteiger partial charge < -0.3 is 15.0 Å². The molecule has 1 heterocycles. The second kappa shape index (κ2) is 9.40. The van der Waals surface area contributed by atoms with E-state index < -0.39 is 0 Å². The van der Waals surface area contributed by atoms with E-state index in [9.17, 15) is 0 Å². The van der Waals surface area contributed by atoms with Gasteiger partial charge in [0.25, 0.3) is 0 Å². The van der Waals surface area contributed by atoms with Crippen molar-refractivity contribution in [2.75, 3.05) is 38.6 Å². The van der Waals surface area contributed by atoms with Gasteiger partial charge in [0, 0.05) is 32.7 Å². The summed E-state index contributed by atoms with van der Waals surface area (Å²) in [5.74, 6) is 0.621. The van der Waals surface area contributed by atoms with E-state index in [0.29, 0.717) is 15.9 Å². The molecule has 1 aliphatic heterocycles. The number of nitrogens with one attached hydrogen (secondary N) is 1. The fraction of sp³-hybridized carbons (Fsp3) is 0.381. The predicted molar refractivity (Wildman–Crippen MR) is 117 cm³/mol. The molecule has 2 aromatic rings. The molecule has 27 heavy (non-hydrogen) atoms. The molecule has 4 nitrogen and oxygen atoms in total. The zero-order valence-corrected chi connectivity index (χ0v) is 17.4. The van der Waals surface area contributed by atoms with Crippen molar-refractivity contribution >= 4 is 34.6 Å². The van der Waals surface area contributed by atoms with Crippen LogP contribution in [0.3, 0.4) is 0 Å². The lowest BCUT2D eigenvalue weighted by Crippen LogP contribution is -2.49. The standard InChI is InChI=1S/C21H26ClN3OS/c1-3-16-7-9-17(10-8-16)15-24-11-13-25(14-12-24)21(27)23-19-6-4-5-18(22)20(19)26-2/h4-10H,3,11-15H2,1-2H3,(H,23,27). The molecule has 0 atom stereocenters. The number of thiocarbonyl (C=S) groups is 1. The second-order valence-corrected chi connectivity index (χ2v) is 7.48.